The maximum atomic E-state index is 5.28. The molecule has 1 aliphatic rings. The zero-order chi connectivity index (χ0) is 27.6. The molecule has 0 saturated carbocycles. The molecule has 0 radical (unpaired) electrons. The number of aromatic nitrogens is 3. The highest BCUT2D eigenvalue weighted by atomic mass is 14.8. The normalized spacial score (nSPS) is 11.8. The third kappa shape index (κ3) is 3.44. The molecule has 0 fully saturated rings. The van der Waals surface area contributed by atoms with Gasteiger partial charge in [0.05, 0.1) is 28.1 Å². The van der Waals surface area contributed by atoms with Crippen LogP contribution in [-0.4, -0.2) is 15.0 Å². The highest BCUT2D eigenvalue weighted by molar-refractivity contribution is 6.18. The summed E-state index contributed by atoms with van der Waals surface area (Å²) in [5.41, 5.74) is 13.1. The van der Waals surface area contributed by atoms with Gasteiger partial charge in [-0.2, -0.15) is 0 Å². The van der Waals surface area contributed by atoms with E-state index < -0.39 is 0 Å². The lowest BCUT2D eigenvalue weighted by molar-refractivity contribution is 1.31. The van der Waals surface area contributed by atoms with E-state index in [0.717, 1.165) is 55.6 Å². The van der Waals surface area contributed by atoms with Crippen molar-refractivity contribution in [2.75, 3.05) is 0 Å². The predicted molar refractivity (Wildman–Crippen MR) is 173 cm³/mol. The van der Waals surface area contributed by atoms with Crippen molar-refractivity contribution in [2.45, 2.75) is 0 Å². The van der Waals surface area contributed by atoms with E-state index in [1.165, 1.54) is 33.0 Å². The smallest absolute Gasteiger partial charge is 0.0972 e. The Hall–Kier alpha value is -5.67. The molecule has 8 aromatic rings. The van der Waals surface area contributed by atoms with Gasteiger partial charge in [0.25, 0.3) is 0 Å². The van der Waals surface area contributed by atoms with Crippen LogP contribution in [0.25, 0.3) is 88.6 Å². The van der Waals surface area contributed by atoms with Crippen LogP contribution in [0.2, 0.25) is 0 Å². The summed E-state index contributed by atoms with van der Waals surface area (Å²) in [5.74, 6) is 0. The fourth-order valence-corrected chi connectivity index (χ4v) is 6.47. The third-order valence-electron chi connectivity index (χ3n) is 8.47. The van der Waals surface area contributed by atoms with Crippen molar-refractivity contribution in [3.8, 4) is 56.0 Å². The number of fused-ring (bicyclic) bond motifs is 6. The average Bonchev–Trinajstić information content (AvgIpc) is 3.40. The molecular formula is C39H23N3. The fraction of sp³-hybridized carbons (Fsp3) is 0. The number of benzene rings is 5. The summed E-state index contributed by atoms with van der Waals surface area (Å²) in [5, 5.41) is 4.69. The van der Waals surface area contributed by atoms with Crippen molar-refractivity contribution in [3.63, 3.8) is 0 Å². The van der Waals surface area contributed by atoms with E-state index in [-0.39, 0.29) is 0 Å². The predicted octanol–water partition coefficient (Wildman–Crippen LogP) is 9.98. The van der Waals surface area contributed by atoms with Crippen molar-refractivity contribution in [2.24, 2.45) is 0 Å². The second-order valence-corrected chi connectivity index (χ2v) is 10.8. The molecule has 194 valence electrons. The SMILES string of the molecule is c1ccc(-c2cc(-c3ccc4ccc5ccc(-c6ccc7c8c(cccc68)-c6ccccc6-7)nc5c4n3)ccn2)cc1. The van der Waals surface area contributed by atoms with E-state index in [1.54, 1.807) is 0 Å². The largest absolute Gasteiger partial charge is 0.256 e. The molecule has 3 heterocycles. The number of hydrogen-bond donors (Lipinski definition) is 0. The molecule has 0 unspecified atom stereocenters. The van der Waals surface area contributed by atoms with E-state index >= 15 is 0 Å². The second kappa shape index (κ2) is 8.92. The van der Waals surface area contributed by atoms with Gasteiger partial charge in [0.15, 0.2) is 0 Å². The van der Waals surface area contributed by atoms with Crippen LogP contribution in [0.1, 0.15) is 0 Å². The monoisotopic (exact) mass is 533 g/mol. The summed E-state index contributed by atoms with van der Waals surface area (Å²) in [6, 6.07) is 47.0. The van der Waals surface area contributed by atoms with Gasteiger partial charge in [0.2, 0.25) is 0 Å². The first-order valence-corrected chi connectivity index (χ1v) is 14.2. The molecule has 5 aromatic carbocycles. The highest BCUT2D eigenvalue weighted by Crippen LogP contribution is 2.49. The van der Waals surface area contributed by atoms with Crippen LogP contribution < -0.4 is 0 Å². The van der Waals surface area contributed by atoms with Gasteiger partial charge in [0.1, 0.15) is 0 Å². The van der Waals surface area contributed by atoms with E-state index in [2.05, 4.69) is 114 Å². The molecule has 0 N–H and O–H groups in total. The van der Waals surface area contributed by atoms with Gasteiger partial charge >= 0.3 is 0 Å². The van der Waals surface area contributed by atoms with Crippen LogP contribution in [0.15, 0.2) is 140 Å². The molecular weight excluding hydrogens is 510 g/mol. The summed E-state index contributed by atoms with van der Waals surface area (Å²) in [7, 11) is 0. The van der Waals surface area contributed by atoms with Crippen molar-refractivity contribution >= 4 is 32.6 Å². The van der Waals surface area contributed by atoms with Gasteiger partial charge in [-0.3, -0.25) is 4.98 Å². The van der Waals surface area contributed by atoms with Gasteiger partial charge in [-0.25, -0.2) is 9.97 Å². The summed E-state index contributed by atoms with van der Waals surface area (Å²) >= 11 is 0. The maximum absolute atomic E-state index is 5.28. The fourth-order valence-electron chi connectivity index (χ4n) is 6.47. The van der Waals surface area contributed by atoms with Crippen molar-refractivity contribution in [1.29, 1.82) is 0 Å². The minimum Gasteiger partial charge on any atom is -0.256 e. The second-order valence-electron chi connectivity index (χ2n) is 10.8. The molecule has 3 aromatic heterocycles. The van der Waals surface area contributed by atoms with Crippen LogP contribution in [0.5, 0.6) is 0 Å². The van der Waals surface area contributed by atoms with Crippen LogP contribution in [0.4, 0.5) is 0 Å². The molecule has 42 heavy (non-hydrogen) atoms. The Kier molecular flexibility index (Phi) is 4.90. The Morgan fingerprint density at radius 3 is 1.79 bits per heavy atom. The Labute approximate surface area is 242 Å². The molecule has 0 atom stereocenters. The number of pyridine rings is 3. The van der Waals surface area contributed by atoms with Crippen molar-refractivity contribution in [3.05, 3.63) is 140 Å². The minimum atomic E-state index is 0.906. The van der Waals surface area contributed by atoms with Crippen LogP contribution >= 0.6 is 0 Å². The lowest BCUT2D eigenvalue weighted by Gasteiger charge is -2.11. The molecule has 3 heteroatoms. The molecule has 0 saturated heterocycles. The number of nitrogens with zero attached hydrogens (tertiary/aromatic N) is 3. The summed E-state index contributed by atoms with van der Waals surface area (Å²) in [6.45, 7) is 0. The molecule has 0 amide bonds. The third-order valence-corrected chi connectivity index (χ3v) is 8.47. The molecule has 0 spiro atoms. The van der Waals surface area contributed by atoms with Crippen LogP contribution in [0.3, 0.4) is 0 Å². The van der Waals surface area contributed by atoms with Crippen LogP contribution in [-0.2, 0) is 0 Å². The first kappa shape index (κ1) is 23.1. The van der Waals surface area contributed by atoms with Gasteiger partial charge in [-0.05, 0) is 57.3 Å². The van der Waals surface area contributed by atoms with Gasteiger partial charge < -0.3 is 0 Å². The quantitative estimate of drug-likeness (QED) is 0.212. The Morgan fingerprint density at radius 2 is 1.00 bits per heavy atom. The minimum absolute atomic E-state index is 0.906. The van der Waals surface area contributed by atoms with Gasteiger partial charge in [0, 0.05) is 33.7 Å². The summed E-state index contributed by atoms with van der Waals surface area (Å²) in [4.78, 5) is 15.1. The first-order chi connectivity index (χ1) is 20.8. The van der Waals surface area contributed by atoms with E-state index in [4.69, 9.17) is 9.97 Å². The maximum Gasteiger partial charge on any atom is 0.0972 e. The lowest BCUT2D eigenvalue weighted by atomic mass is 9.96. The molecule has 0 bridgehead atoms. The van der Waals surface area contributed by atoms with Gasteiger partial charge in [-0.15, -0.1) is 0 Å². The highest BCUT2D eigenvalue weighted by Gasteiger charge is 2.22. The van der Waals surface area contributed by atoms with Gasteiger partial charge in [-0.1, -0.05) is 109 Å². The Bertz CT molecular complexity index is 2330. The Balaban J connectivity index is 1.22. The summed E-state index contributed by atoms with van der Waals surface area (Å²) < 4.78 is 0. The molecule has 9 rings (SSSR count). The summed E-state index contributed by atoms with van der Waals surface area (Å²) in [6.07, 6.45) is 1.86. The zero-order valence-corrected chi connectivity index (χ0v) is 22.6. The lowest BCUT2D eigenvalue weighted by Crippen LogP contribution is -1.92. The average molecular weight is 534 g/mol. The molecule has 1 aliphatic carbocycles. The van der Waals surface area contributed by atoms with Crippen LogP contribution in [0, 0.1) is 0 Å². The number of rotatable bonds is 3. The van der Waals surface area contributed by atoms with E-state index in [0.29, 0.717) is 0 Å². The van der Waals surface area contributed by atoms with Crippen molar-refractivity contribution in [1.82, 2.24) is 15.0 Å². The molecule has 0 aliphatic heterocycles. The van der Waals surface area contributed by atoms with E-state index in [9.17, 15) is 0 Å². The molecule has 3 nitrogen and oxygen atoms in total. The van der Waals surface area contributed by atoms with Crippen molar-refractivity contribution < 1.29 is 0 Å². The Morgan fingerprint density at radius 1 is 0.381 bits per heavy atom. The zero-order valence-electron chi connectivity index (χ0n) is 22.6. The standard InChI is InChI=1S/C39H23N3/c1-2-7-24(8-3-1)36-23-27(21-22-40-36)34-19-15-25-13-14-26-16-20-35(42-39(26)38(25)41-34)30-17-18-33-29-10-5-4-9-28(29)31-11-6-12-32(30)37(31)33/h1-23H. The topological polar surface area (TPSA) is 38.7 Å². The first-order valence-electron chi connectivity index (χ1n) is 14.2. The van der Waals surface area contributed by atoms with E-state index in [1.807, 2.05) is 30.5 Å². The number of hydrogen-bond acceptors (Lipinski definition) is 3.